The number of nitrogens with two attached hydrogens (primary N) is 1. The van der Waals surface area contributed by atoms with Crippen LogP contribution in [0.5, 0.6) is 0 Å². The van der Waals surface area contributed by atoms with Gasteiger partial charge in [0.25, 0.3) is 11.8 Å². The number of carbonyl (C=O) groups excluding carboxylic acids is 2. The Morgan fingerprint density at radius 1 is 1.43 bits per heavy atom. The molecule has 2 aromatic rings. The van der Waals surface area contributed by atoms with Gasteiger partial charge in [-0.25, -0.2) is 4.39 Å². The second kappa shape index (κ2) is 8.34. The first kappa shape index (κ1) is 21.0. The summed E-state index contributed by atoms with van der Waals surface area (Å²) in [5, 5.41) is 9.16. The van der Waals surface area contributed by atoms with Gasteiger partial charge in [0.1, 0.15) is 10.8 Å². The van der Waals surface area contributed by atoms with Crippen LogP contribution < -0.4 is 21.7 Å². The molecule has 1 aromatic heterocycles. The number of anilines is 2. The van der Waals surface area contributed by atoms with Gasteiger partial charge in [-0.1, -0.05) is 13.8 Å². The molecule has 0 fully saturated rings. The summed E-state index contributed by atoms with van der Waals surface area (Å²) in [7, 11) is 0. The van der Waals surface area contributed by atoms with Crippen molar-refractivity contribution in [2.75, 3.05) is 25.0 Å². The monoisotopic (exact) mass is 516 g/mol. The van der Waals surface area contributed by atoms with Gasteiger partial charge < -0.3 is 21.7 Å². The fourth-order valence-corrected chi connectivity index (χ4v) is 4.67. The largest absolute Gasteiger partial charge is 0.351 e. The summed E-state index contributed by atoms with van der Waals surface area (Å²) in [6.45, 7) is 5.21. The van der Waals surface area contributed by atoms with Crippen LogP contribution in [0.2, 0.25) is 0 Å². The highest BCUT2D eigenvalue weighted by atomic mass is 127. The molecule has 28 heavy (non-hydrogen) atoms. The summed E-state index contributed by atoms with van der Waals surface area (Å²) in [5.41, 5.74) is 6.63. The van der Waals surface area contributed by atoms with Crippen molar-refractivity contribution in [1.82, 2.24) is 10.6 Å². The smallest absolute Gasteiger partial charge is 0.261 e. The van der Waals surface area contributed by atoms with Gasteiger partial charge in [-0.15, -0.1) is 11.3 Å². The number of carbonyl (C=O) groups is 2. The SMILES string of the molecule is CC1(C)CNC(=O)c2sc(Nc3ccc(I)cc3F)c(C(=O)NCCN)c2C1. The molecular weight excluding hydrogens is 494 g/mol. The Kier molecular flexibility index (Phi) is 6.25. The maximum Gasteiger partial charge on any atom is 0.261 e. The van der Waals surface area contributed by atoms with E-state index < -0.39 is 5.82 Å². The molecule has 0 bridgehead atoms. The van der Waals surface area contributed by atoms with Crippen molar-refractivity contribution in [3.63, 3.8) is 0 Å². The molecule has 0 unspecified atom stereocenters. The van der Waals surface area contributed by atoms with Gasteiger partial charge in [0, 0.05) is 23.2 Å². The maximum absolute atomic E-state index is 14.4. The normalized spacial score (nSPS) is 15.4. The molecule has 3 rings (SSSR count). The lowest BCUT2D eigenvalue weighted by Crippen LogP contribution is -2.32. The number of rotatable bonds is 5. The van der Waals surface area contributed by atoms with Gasteiger partial charge in [-0.05, 0) is 58.2 Å². The zero-order valence-corrected chi connectivity index (χ0v) is 18.6. The van der Waals surface area contributed by atoms with Crippen LogP contribution in [0, 0.1) is 14.8 Å². The van der Waals surface area contributed by atoms with Crippen molar-refractivity contribution in [2.45, 2.75) is 20.3 Å². The van der Waals surface area contributed by atoms with E-state index in [2.05, 4.69) is 16.0 Å². The van der Waals surface area contributed by atoms with E-state index in [9.17, 15) is 14.0 Å². The zero-order valence-electron chi connectivity index (χ0n) is 15.6. The minimum atomic E-state index is -0.423. The minimum absolute atomic E-state index is 0.212. The van der Waals surface area contributed by atoms with Gasteiger partial charge in [0.05, 0.1) is 16.1 Å². The summed E-state index contributed by atoms with van der Waals surface area (Å²) >= 11 is 3.20. The number of halogens is 2. The Hall–Kier alpha value is -1.72. The first-order chi connectivity index (χ1) is 13.2. The average Bonchev–Trinajstić information content (AvgIpc) is 2.92. The van der Waals surface area contributed by atoms with Crippen LogP contribution in [0.25, 0.3) is 0 Å². The molecule has 0 saturated carbocycles. The second-order valence-corrected chi connectivity index (χ2v) is 9.70. The van der Waals surface area contributed by atoms with E-state index in [-0.39, 0.29) is 22.9 Å². The fourth-order valence-electron chi connectivity index (χ4n) is 3.07. The van der Waals surface area contributed by atoms with E-state index in [1.54, 1.807) is 12.1 Å². The van der Waals surface area contributed by atoms with Crippen LogP contribution in [0.1, 0.15) is 39.4 Å². The molecule has 0 spiro atoms. The van der Waals surface area contributed by atoms with E-state index in [1.807, 2.05) is 36.4 Å². The van der Waals surface area contributed by atoms with E-state index in [0.717, 1.165) is 3.57 Å². The zero-order chi connectivity index (χ0) is 20.5. The summed E-state index contributed by atoms with van der Waals surface area (Å²) in [6.07, 6.45) is 0.555. The topological polar surface area (TPSA) is 96.2 Å². The number of amides is 2. The van der Waals surface area contributed by atoms with Gasteiger partial charge in [-0.2, -0.15) is 0 Å². The first-order valence-electron chi connectivity index (χ1n) is 8.86. The molecule has 0 aliphatic carbocycles. The Labute approximate surface area is 180 Å². The Morgan fingerprint density at radius 3 is 2.86 bits per heavy atom. The van der Waals surface area contributed by atoms with E-state index in [1.165, 1.54) is 17.4 Å². The molecule has 1 aromatic carbocycles. The molecule has 150 valence electrons. The van der Waals surface area contributed by atoms with Gasteiger partial charge in [0.2, 0.25) is 0 Å². The highest BCUT2D eigenvalue weighted by molar-refractivity contribution is 14.1. The molecule has 0 saturated heterocycles. The third-order valence-corrected chi connectivity index (χ3v) is 6.25. The fraction of sp³-hybridized carbons (Fsp3) is 0.368. The van der Waals surface area contributed by atoms with Crippen molar-refractivity contribution in [2.24, 2.45) is 11.1 Å². The molecule has 6 nitrogen and oxygen atoms in total. The third-order valence-electron chi connectivity index (χ3n) is 4.43. The van der Waals surface area contributed by atoms with Crippen molar-refractivity contribution >= 4 is 56.4 Å². The Balaban J connectivity index is 2.09. The van der Waals surface area contributed by atoms with Gasteiger partial charge in [-0.3, -0.25) is 9.59 Å². The summed E-state index contributed by atoms with van der Waals surface area (Å²) in [4.78, 5) is 26.0. The van der Waals surface area contributed by atoms with Crippen molar-refractivity contribution in [1.29, 1.82) is 0 Å². The lowest BCUT2D eigenvalue weighted by molar-refractivity contribution is 0.0945. The molecule has 5 N–H and O–H groups in total. The number of benzene rings is 1. The van der Waals surface area contributed by atoms with Crippen molar-refractivity contribution in [3.8, 4) is 0 Å². The standard InChI is InChI=1S/C19H22FIN4O2S/c1-19(2)8-11-14(16(26)23-6-5-22)18(28-15(11)17(27)24-9-19)25-13-4-3-10(21)7-12(13)20/h3-4,7,25H,5-6,8-9,22H2,1-2H3,(H,23,26)(H,24,27). The van der Waals surface area contributed by atoms with Crippen LogP contribution in [0.15, 0.2) is 18.2 Å². The van der Waals surface area contributed by atoms with Crippen molar-refractivity contribution < 1.29 is 14.0 Å². The molecule has 1 aliphatic rings. The molecule has 1 aliphatic heterocycles. The lowest BCUT2D eigenvalue weighted by atomic mass is 9.85. The van der Waals surface area contributed by atoms with E-state index in [4.69, 9.17) is 5.73 Å². The van der Waals surface area contributed by atoms with Crippen LogP contribution in [-0.4, -0.2) is 31.4 Å². The molecule has 0 atom stereocenters. The predicted octanol–water partition coefficient (Wildman–Crippen LogP) is 3.24. The van der Waals surface area contributed by atoms with E-state index >= 15 is 0 Å². The van der Waals surface area contributed by atoms with Gasteiger partial charge in [0.15, 0.2) is 0 Å². The molecular formula is C19H22FIN4O2S. The van der Waals surface area contributed by atoms with Crippen LogP contribution in [0.3, 0.4) is 0 Å². The summed E-state index contributed by atoms with van der Waals surface area (Å²) < 4.78 is 15.1. The third kappa shape index (κ3) is 4.47. The highest BCUT2D eigenvalue weighted by Crippen LogP contribution is 2.40. The summed E-state index contributed by atoms with van der Waals surface area (Å²) in [5.74, 6) is -0.954. The first-order valence-corrected chi connectivity index (χ1v) is 10.8. The molecule has 9 heteroatoms. The average molecular weight is 516 g/mol. The number of hydrogen-bond acceptors (Lipinski definition) is 5. The number of fused-ring (bicyclic) bond motifs is 1. The highest BCUT2D eigenvalue weighted by Gasteiger charge is 2.34. The van der Waals surface area contributed by atoms with Crippen molar-refractivity contribution in [3.05, 3.63) is 43.6 Å². The number of nitrogens with one attached hydrogen (secondary N) is 3. The Bertz CT molecular complexity index is 929. The molecule has 2 amide bonds. The van der Waals surface area contributed by atoms with Gasteiger partial charge >= 0.3 is 0 Å². The maximum atomic E-state index is 14.4. The van der Waals surface area contributed by atoms with Crippen LogP contribution in [-0.2, 0) is 6.42 Å². The second-order valence-electron chi connectivity index (χ2n) is 7.43. The number of thiophene rings is 1. The number of hydrogen-bond donors (Lipinski definition) is 4. The van der Waals surface area contributed by atoms with Crippen LogP contribution >= 0.6 is 33.9 Å². The summed E-state index contributed by atoms with van der Waals surface area (Å²) in [6, 6.07) is 4.80. The minimum Gasteiger partial charge on any atom is -0.351 e. The lowest BCUT2D eigenvalue weighted by Gasteiger charge is -2.22. The predicted molar refractivity (Wildman–Crippen MR) is 118 cm³/mol. The Morgan fingerprint density at radius 2 is 2.18 bits per heavy atom. The molecule has 0 radical (unpaired) electrons. The van der Waals surface area contributed by atoms with E-state index in [0.29, 0.717) is 47.1 Å². The molecule has 2 heterocycles. The van der Waals surface area contributed by atoms with Crippen LogP contribution in [0.4, 0.5) is 15.1 Å². The quantitative estimate of drug-likeness (QED) is 0.459.